The number of pyridine rings is 1. The summed E-state index contributed by atoms with van der Waals surface area (Å²) in [5.41, 5.74) is 1.21. The van der Waals surface area contributed by atoms with Crippen LogP contribution in [0.3, 0.4) is 0 Å². The van der Waals surface area contributed by atoms with Crippen LogP contribution in [-0.2, 0) is 0 Å². The number of amides is 1. The first-order valence-electron chi connectivity index (χ1n) is 8.81. The van der Waals surface area contributed by atoms with E-state index in [0.29, 0.717) is 23.2 Å². The minimum atomic E-state index is -0.0191. The highest BCUT2D eigenvalue weighted by Crippen LogP contribution is 2.19. The summed E-state index contributed by atoms with van der Waals surface area (Å²) in [6, 6.07) is 3.63. The third-order valence-electron chi connectivity index (χ3n) is 4.48. The lowest BCUT2D eigenvalue weighted by Crippen LogP contribution is -2.32. The van der Waals surface area contributed by atoms with Crippen molar-refractivity contribution in [2.24, 2.45) is 0 Å². The highest BCUT2D eigenvalue weighted by atomic mass is 16.5. The molecule has 0 unspecified atom stereocenters. The summed E-state index contributed by atoms with van der Waals surface area (Å²) < 4.78 is 6.94. The molecule has 0 radical (unpaired) electrons. The Bertz CT molecular complexity index is 908. The molecule has 134 valence electrons. The van der Waals surface area contributed by atoms with Gasteiger partial charge in [-0.1, -0.05) is 18.0 Å². The van der Waals surface area contributed by atoms with E-state index in [1.54, 1.807) is 36.3 Å². The molecule has 4 rings (SSSR count). The average molecular weight is 352 g/mol. The lowest BCUT2D eigenvalue weighted by Gasteiger charge is -2.18. The first kappa shape index (κ1) is 16.4. The minimum Gasteiger partial charge on any atom is -0.337 e. The maximum atomic E-state index is 12.7. The highest BCUT2D eigenvalue weighted by molar-refractivity contribution is 5.92. The Hall–Kier alpha value is -3.03. The zero-order valence-electron chi connectivity index (χ0n) is 14.6. The predicted molar refractivity (Wildman–Crippen MR) is 93.8 cm³/mol. The Morgan fingerprint density at radius 3 is 2.69 bits per heavy atom. The molecule has 4 heterocycles. The molecule has 3 aromatic heterocycles. The van der Waals surface area contributed by atoms with E-state index in [0.717, 1.165) is 31.5 Å². The smallest absolute Gasteiger partial charge is 0.274 e. The first-order valence-corrected chi connectivity index (χ1v) is 8.81. The fourth-order valence-corrected chi connectivity index (χ4v) is 3.10. The number of aryl methyl sites for hydroxylation is 1. The van der Waals surface area contributed by atoms with Crippen molar-refractivity contribution < 1.29 is 9.32 Å². The largest absolute Gasteiger partial charge is 0.337 e. The summed E-state index contributed by atoms with van der Waals surface area (Å²) in [4.78, 5) is 27.4. The Balaban J connectivity index is 1.57. The van der Waals surface area contributed by atoms with Gasteiger partial charge in [-0.3, -0.25) is 9.36 Å². The Kier molecular flexibility index (Phi) is 4.47. The topological polar surface area (TPSA) is 89.9 Å². The van der Waals surface area contributed by atoms with E-state index >= 15 is 0 Å². The molecule has 3 aromatic rings. The Labute approximate surface area is 150 Å². The minimum absolute atomic E-state index is 0.0191. The van der Waals surface area contributed by atoms with E-state index in [9.17, 15) is 4.79 Å². The zero-order valence-corrected chi connectivity index (χ0v) is 14.6. The van der Waals surface area contributed by atoms with Crippen LogP contribution in [0.5, 0.6) is 0 Å². The number of imidazole rings is 1. The van der Waals surface area contributed by atoms with E-state index in [4.69, 9.17) is 4.52 Å². The number of rotatable bonds is 3. The van der Waals surface area contributed by atoms with Crippen LogP contribution in [-0.4, -0.2) is 48.6 Å². The molecular weight excluding hydrogens is 332 g/mol. The van der Waals surface area contributed by atoms with Crippen molar-refractivity contribution in [3.8, 4) is 17.3 Å². The van der Waals surface area contributed by atoms with Crippen molar-refractivity contribution in [1.29, 1.82) is 0 Å². The molecule has 26 heavy (non-hydrogen) atoms. The summed E-state index contributed by atoms with van der Waals surface area (Å²) in [5.74, 6) is 1.63. The second kappa shape index (κ2) is 7.07. The predicted octanol–water partition coefficient (Wildman–Crippen LogP) is 2.64. The molecule has 0 atom stereocenters. The van der Waals surface area contributed by atoms with Crippen LogP contribution in [0.2, 0.25) is 0 Å². The molecule has 1 aliphatic heterocycles. The van der Waals surface area contributed by atoms with E-state index in [1.807, 2.05) is 11.0 Å². The van der Waals surface area contributed by atoms with Gasteiger partial charge in [0.2, 0.25) is 0 Å². The molecule has 1 fully saturated rings. The Morgan fingerprint density at radius 1 is 1.15 bits per heavy atom. The van der Waals surface area contributed by atoms with Crippen LogP contribution in [0, 0.1) is 6.92 Å². The van der Waals surface area contributed by atoms with Crippen LogP contribution < -0.4 is 0 Å². The summed E-state index contributed by atoms with van der Waals surface area (Å²) in [6.07, 6.45) is 9.47. The summed E-state index contributed by atoms with van der Waals surface area (Å²) in [6.45, 7) is 3.37. The summed E-state index contributed by atoms with van der Waals surface area (Å²) in [5, 5.41) is 3.81. The van der Waals surface area contributed by atoms with Crippen LogP contribution in [0.15, 0.2) is 35.4 Å². The van der Waals surface area contributed by atoms with E-state index in [1.165, 1.54) is 12.8 Å². The summed E-state index contributed by atoms with van der Waals surface area (Å²) >= 11 is 0. The van der Waals surface area contributed by atoms with Crippen molar-refractivity contribution in [1.82, 2.24) is 29.6 Å². The van der Waals surface area contributed by atoms with Gasteiger partial charge in [0.05, 0.1) is 0 Å². The van der Waals surface area contributed by atoms with E-state index < -0.39 is 0 Å². The SMILES string of the molecule is Cc1noc(-c2ccnc(-n3cnc(C(=O)N4CCCCCC4)c3)c2)n1. The van der Waals surface area contributed by atoms with E-state index in [-0.39, 0.29) is 5.91 Å². The highest BCUT2D eigenvalue weighted by Gasteiger charge is 2.20. The fraction of sp³-hybridized carbons (Fsp3) is 0.389. The van der Waals surface area contributed by atoms with Crippen LogP contribution in [0.25, 0.3) is 17.3 Å². The number of carbonyl (C=O) groups is 1. The van der Waals surface area contributed by atoms with Crippen LogP contribution >= 0.6 is 0 Å². The van der Waals surface area contributed by atoms with Gasteiger partial charge in [0.15, 0.2) is 5.82 Å². The molecule has 8 heteroatoms. The second-order valence-corrected chi connectivity index (χ2v) is 6.42. The van der Waals surface area contributed by atoms with Crippen molar-refractivity contribution in [2.45, 2.75) is 32.6 Å². The maximum Gasteiger partial charge on any atom is 0.274 e. The normalized spacial score (nSPS) is 15.0. The molecule has 0 saturated carbocycles. The van der Waals surface area contributed by atoms with Gasteiger partial charge in [-0.05, 0) is 31.9 Å². The molecule has 0 aromatic carbocycles. The number of hydrogen-bond acceptors (Lipinski definition) is 6. The monoisotopic (exact) mass is 352 g/mol. The van der Waals surface area contributed by atoms with Gasteiger partial charge < -0.3 is 9.42 Å². The molecule has 0 bridgehead atoms. The van der Waals surface area contributed by atoms with Crippen LogP contribution in [0.4, 0.5) is 0 Å². The molecule has 0 aliphatic carbocycles. The van der Waals surface area contributed by atoms with Gasteiger partial charge in [0, 0.05) is 31.0 Å². The summed E-state index contributed by atoms with van der Waals surface area (Å²) in [7, 11) is 0. The van der Waals surface area contributed by atoms with Crippen molar-refractivity contribution in [3.63, 3.8) is 0 Å². The molecular formula is C18H20N6O2. The molecule has 8 nitrogen and oxygen atoms in total. The third kappa shape index (κ3) is 3.35. The molecule has 1 aliphatic rings. The zero-order chi connectivity index (χ0) is 17.9. The lowest BCUT2D eigenvalue weighted by atomic mass is 10.2. The number of aromatic nitrogens is 5. The quantitative estimate of drug-likeness (QED) is 0.720. The number of likely N-dealkylation sites (tertiary alicyclic amines) is 1. The van der Waals surface area contributed by atoms with Gasteiger partial charge in [0.25, 0.3) is 11.8 Å². The second-order valence-electron chi connectivity index (χ2n) is 6.42. The maximum absolute atomic E-state index is 12.7. The van der Waals surface area contributed by atoms with Crippen molar-refractivity contribution >= 4 is 5.91 Å². The number of nitrogens with zero attached hydrogens (tertiary/aromatic N) is 6. The lowest BCUT2D eigenvalue weighted by molar-refractivity contribution is 0.0756. The number of carbonyl (C=O) groups excluding carboxylic acids is 1. The standard InChI is InChI=1S/C18H20N6O2/c1-13-21-17(26-22-13)14-6-7-19-16(10-14)24-11-15(20-12-24)18(25)23-8-4-2-3-5-9-23/h6-7,10-12H,2-5,8-9H2,1H3. The van der Waals surface area contributed by atoms with Gasteiger partial charge in [0.1, 0.15) is 17.8 Å². The van der Waals surface area contributed by atoms with Gasteiger partial charge in [-0.25, -0.2) is 9.97 Å². The molecule has 0 spiro atoms. The third-order valence-corrected chi connectivity index (χ3v) is 4.48. The van der Waals surface area contributed by atoms with Crippen molar-refractivity contribution in [2.75, 3.05) is 13.1 Å². The van der Waals surface area contributed by atoms with Gasteiger partial charge >= 0.3 is 0 Å². The van der Waals surface area contributed by atoms with E-state index in [2.05, 4.69) is 20.1 Å². The fourth-order valence-electron chi connectivity index (χ4n) is 3.10. The van der Waals surface area contributed by atoms with Crippen LogP contribution in [0.1, 0.15) is 42.0 Å². The van der Waals surface area contributed by atoms with Crippen molar-refractivity contribution in [3.05, 3.63) is 42.4 Å². The first-order chi connectivity index (χ1) is 12.7. The van der Waals surface area contributed by atoms with Gasteiger partial charge in [-0.15, -0.1) is 0 Å². The molecule has 1 amide bonds. The number of hydrogen-bond donors (Lipinski definition) is 0. The Morgan fingerprint density at radius 2 is 1.96 bits per heavy atom. The average Bonchev–Trinajstić information content (AvgIpc) is 3.24. The molecule has 0 N–H and O–H groups in total. The van der Waals surface area contributed by atoms with Gasteiger partial charge in [-0.2, -0.15) is 4.98 Å². The molecule has 1 saturated heterocycles.